The summed E-state index contributed by atoms with van der Waals surface area (Å²) in [6.07, 6.45) is 27.1. The molecule has 0 saturated carbocycles. The van der Waals surface area contributed by atoms with Crippen molar-refractivity contribution in [3.05, 3.63) is 166 Å². The van der Waals surface area contributed by atoms with Gasteiger partial charge in [-0.3, -0.25) is 4.99 Å². The SMILES string of the molecule is C/C=C(\C=C/C1=CC2(c3cc(C)ccc31)c1ccccc1-c1c2ccc2c1OC(CC)C2/C=C\CC)C(/C=NC)=C/N.C1=CCNC=C1.CC. The minimum absolute atomic E-state index is 0.154. The molecule has 3 aromatic carbocycles. The second-order valence-electron chi connectivity index (χ2n) is 12.6. The first-order valence-electron chi connectivity index (χ1n) is 18.2. The van der Waals surface area contributed by atoms with E-state index in [1.165, 1.54) is 50.1 Å². The lowest BCUT2D eigenvalue weighted by molar-refractivity contribution is 0.215. The Morgan fingerprint density at radius 2 is 1.82 bits per heavy atom. The number of hydrogen-bond donors (Lipinski definition) is 2. The lowest BCUT2D eigenvalue weighted by Gasteiger charge is -2.27. The van der Waals surface area contributed by atoms with Crippen molar-refractivity contribution in [2.45, 2.75) is 71.8 Å². The third-order valence-electron chi connectivity index (χ3n) is 9.76. The third-order valence-corrected chi connectivity index (χ3v) is 9.76. The second-order valence-corrected chi connectivity index (χ2v) is 12.6. The number of benzene rings is 3. The Morgan fingerprint density at radius 1 is 1.00 bits per heavy atom. The number of nitrogens with zero attached hydrogens (tertiary/aromatic N) is 1. The largest absolute Gasteiger partial charge is 0.489 e. The second kappa shape index (κ2) is 16.5. The zero-order valence-electron chi connectivity index (χ0n) is 30.8. The van der Waals surface area contributed by atoms with Crippen LogP contribution in [-0.4, -0.2) is 25.9 Å². The average Bonchev–Trinajstić information content (AvgIpc) is 3.79. The molecule has 0 fully saturated rings. The van der Waals surface area contributed by atoms with Gasteiger partial charge in [-0.1, -0.05) is 136 Å². The predicted octanol–water partition coefficient (Wildman–Crippen LogP) is 10.7. The van der Waals surface area contributed by atoms with E-state index in [0.29, 0.717) is 0 Å². The van der Waals surface area contributed by atoms with Crippen molar-refractivity contribution in [1.82, 2.24) is 5.32 Å². The molecule has 3 N–H and O–H groups in total. The molecule has 3 atom stereocenters. The van der Waals surface area contributed by atoms with Gasteiger partial charge in [-0.25, -0.2) is 0 Å². The minimum atomic E-state index is -0.391. The van der Waals surface area contributed by atoms with E-state index >= 15 is 0 Å². The van der Waals surface area contributed by atoms with Crippen LogP contribution in [0.15, 0.2) is 138 Å². The van der Waals surface area contributed by atoms with Crippen LogP contribution in [0.2, 0.25) is 0 Å². The van der Waals surface area contributed by atoms with Crippen LogP contribution in [0.25, 0.3) is 16.7 Å². The number of allylic oxidation sites excluding steroid dienone is 10. The first-order valence-corrected chi connectivity index (χ1v) is 18.2. The van der Waals surface area contributed by atoms with Gasteiger partial charge in [0.05, 0.1) is 5.41 Å². The van der Waals surface area contributed by atoms with Gasteiger partial charge in [0.15, 0.2) is 0 Å². The Balaban J connectivity index is 0.000000543. The van der Waals surface area contributed by atoms with Crippen LogP contribution >= 0.6 is 0 Å². The molecule has 2 aliphatic heterocycles. The van der Waals surface area contributed by atoms with E-state index < -0.39 is 5.41 Å². The molecule has 50 heavy (non-hydrogen) atoms. The van der Waals surface area contributed by atoms with Crippen LogP contribution in [0.5, 0.6) is 5.75 Å². The molecular formula is C46H53N3O. The molecule has 7 rings (SSSR count). The molecular weight excluding hydrogens is 611 g/mol. The summed E-state index contributed by atoms with van der Waals surface area (Å²) in [5, 5.41) is 3.02. The molecule has 258 valence electrons. The Bertz CT molecular complexity index is 1920. The smallest absolute Gasteiger partial charge is 0.131 e. The molecule has 0 bridgehead atoms. The summed E-state index contributed by atoms with van der Waals surface area (Å²) in [5.41, 5.74) is 19.0. The molecule has 3 aromatic rings. The molecule has 4 nitrogen and oxygen atoms in total. The highest BCUT2D eigenvalue weighted by atomic mass is 16.5. The van der Waals surface area contributed by atoms with Crippen molar-refractivity contribution >= 4 is 11.8 Å². The van der Waals surface area contributed by atoms with E-state index in [4.69, 9.17) is 10.5 Å². The van der Waals surface area contributed by atoms with E-state index in [2.05, 4.69) is 128 Å². The van der Waals surface area contributed by atoms with Gasteiger partial charge >= 0.3 is 0 Å². The zero-order chi connectivity index (χ0) is 35.7. The fraction of sp³-hybridized carbons (Fsp3) is 0.283. The monoisotopic (exact) mass is 663 g/mol. The van der Waals surface area contributed by atoms with Crippen LogP contribution in [0, 0.1) is 6.92 Å². The minimum Gasteiger partial charge on any atom is -0.489 e. The summed E-state index contributed by atoms with van der Waals surface area (Å²) in [6, 6.07) is 20.5. The summed E-state index contributed by atoms with van der Waals surface area (Å²) in [7, 11) is 1.77. The van der Waals surface area contributed by atoms with Gasteiger partial charge in [-0.05, 0) is 77.9 Å². The first-order chi connectivity index (χ1) is 24.5. The van der Waals surface area contributed by atoms with Gasteiger partial charge in [0.25, 0.3) is 0 Å². The van der Waals surface area contributed by atoms with Crippen LogP contribution < -0.4 is 15.8 Å². The summed E-state index contributed by atoms with van der Waals surface area (Å²) < 4.78 is 6.84. The Kier molecular flexibility index (Phi) is 12.0. The average molecular weight is 664 g/mol. The molecule has 4 heteroatoms. The number of aliphatic imine (C=N–C) groups is 1. The molecule has 1 spiro atoms. The fourth-order valence-corrected chi connectivity index (χ4v) is 7.55. The van der Waals surface area contributed by atoms with Crippen molar-refractivity contribution in [3.8, 4) is 16.9 Å². The molecule has 2 aliphatic carbocycles. The van der Waals surface area contributed by atoms with Gasteiger partial charge in [0.1, 0.15) is 11.9 Å². The molecule has 3 unspecified atom stereocenters. The van der Waals surface area contributed by atoms with Gasteiger partial charge in [0.2, 0.25) is 0 Å². The Labute approximate surface area is 300 Å². The lowest BCUT2D eigenvalue weighted by Crippen LogP contribution is -2.22. The Morgan fingerprint density at radius 3 is 2.46 bits per heavy atom. The molecule has 0 amide bonds. The highest BCUT2D eigenvalue weighted by Gasteiger charge is 2.50. The lowest BCUT2D eigenvalue weighted by atomic mass is 9.73. The van der Waals surface area contributed by atoms with Gasteiger partial charge in [-0.2, -0.15) is 0 Å². The number of hydrogen-bond acceptors (Lipinski definition) is 4. The molecule has 0 radical (unpaired) electrons. The van der Waals surface area contributed by atoms with Crippen LogP contribution in [0.4, 0.5) is 0 Å². The molecule has 2 heterocycles. The number of dihydropyridines is 1. The highest BCUT2D eigenvalue weighted by molar-refractivity contribution is 5.97. The predicted molar refractivity (Wildman–Crippen MR) is 215 cm³/mol. The zero-order valence-corrected chi connectivity index (χ0v) is 30.8. The van der Waals surface area contributed by atoms with E-state index in [9.17, 15) is 0 Å². The van der Waals surface area contributed by atoms with Crippen LogP contribution in [0.1, 0.15) is 86.8 Å². The van der Waals surface area contributed by atoms with E-state index in [0.717, 1.165) is 36.3 Å². The summed E-state index contributed by atoms with van der Waals surface area (Å²) in [4.78, 5) is 4.19. The Hall–Kier alpha value is -5.09. The number of aryl methyl sites for hydroxylation is 1. The quantitative estimate of drug-likeness (QED) is 0.150. The topological polar surface area (TPSA) is 59.6 Å². The van der Waals surface area contributed by atoms with Crippen molar-refractivity contribution in [2.24, 2.45) is 10.7 Å². The molecule has 0 saturated heterocycles. The number of rotatable bonds is 7. The standard InChI is InChI=1S/C39H40N2O.C5H7N.C2H6/c1-6-9-12-30-31-19-20-34-37(38(31)42-36(30)8-3)32-13-10-11-14-33(32)39(34)22-27(29-18-15-25(4)21-35(29)39)17-16-26(7-2)28(23-40)24-41-5;1-2-4-6-5-3-1;1-2/h7,9-24,30,36H,6,8,40H2,1-5H3;1-4,6H,5H2;1-2H3/b12-9-,17-16-,26-7+,28-23+,41-24?;;. The molecule has 4 aliphatic rings. The van der Waals surface area contributed by atoms with E-state index in [1.54, 1.807) is 19.5 Å². The highest BCUT2D eigenvalue weighted by Crippen LogP contribution is 2.62. The van der Waals surface area contributed by atoms with Crippen molar-refractivity contribution in [3.63, 3.8) is 0 Å². The maximum Gasteiger partial charge on any atom is 0.131 e. The summed E-state index contributed by atoms with van der Waals surface area (Å²) in [6.45, 7) is 13.6. The summed E-state index contributed by atoms with van der Waals surface area (Å²) in [5.74, 6) is 1.34. The number of nitrogens with one attached hydrogen (secondary N) is 1. The maximum atomic E-state index is 6.84. The van der Waals surface area contributed by atoms with Crippen molar-refractivity contribution in [1.29, 1.82) is 0 Å². The number of fused-ring (bicyclic) bond motifs is 9. The number of ether oxygens (including phenoxy) is 1. The van der Waals surface area contributed by atoms with E-state index in [-0.39, 0.29) is 12.0 Å². The van der Waals surface area contributed by atoms with Crippen LogP contribution in [0.3, 0.4) is 0 Å². The number of nitrogens with two attached hydrogens (primary N) is 1. The maximum absolute atomic E-state index is 6.84. The molecule has 0 aromatic heterocycles. The van der Waals surface area contributed by atoms with Gasteiger partial charge in [0, 0.05) is 48.6 Å². The van der Waals surface area contributed by atoms with Gasteiger partial charge < -0.3 is 15.8 Å². The van der Waals surface area contributed by atoms with Gasteiger partial charge in [-0.15, -0.1) is 0 Å². The first kappa shape index (κ1) is 36.2. The third kappa shape index (κ3) is 6.59. The normalized spacial score (nSPS) is 21.2. The van der Waals surface area contributed by atoms with Crippen LogP contribution in [-0.2, 0) is 5.41 Å². The fourth-order valence-electron chi connectivity index (χ4n) is 7.55. The van der Waals surface area contributed by atoms with Crippen molar-refractivity contribution < 1.29 is 4.74 Å². The van der Waals surface area contributed by atoms with Crippen molar-refractivity contribution in [2.75, 3.05) is 13.6 Å². The van der Waals surface area contributed by atoms with E-state index in [1.807, 2.05) is 39.1 Å². The summed E-state index contributed by atoms with van der Waals surface area (Å²) >= 11 is 0.